The van der Waals surface area contributed by atoms with Gasteiger partial charge in [-0.05, 0) is 36.4 Å². The molecule has 0 saturated heterocycles. The predicted molar refractivity (Wildman–Crippen MR) is 108 cm³/mol. The average molecular weight is 440 g/mol. The van der Waals surface area contributed by atoms with Gasteiger partial charge in [-0.2, -0.15) is 0 Å². The first-order valence-corrected chi connectivity index (χ1v) is 9.00. The Morgan fingerprint density at radius 1 is 1.11 bits per heavy atom. The van der Waals surface area contributed by atoms with Gasteiger partial charge in [0.25, 0.3) is 5.91 Å². The smallest absolute Gasteiger partial charge is 0.332 e. The summed E-state index contributed by atoms with van der Waals surface area (Å²) in [5.41, 5.74) is 6.70. The number of nitrogens with zero attached hydrogens (tertiary/aromatic N) is 3. The molecule has 8 nitrogen and oxygen atoms in total. The van der Waals surface area contributed by atoms with E-state index >= 15 is 0 Å². The lowest BCUT2D eigenvalue weighted by atomic mass is 10.2. The Hall–Kier alpha value is -3.46. The number of rotatable bonds is 4. The van der Waals surface area contributed by atoms with Crippen LogP contribution < -0.4 is 16.2 Å². The molecular formula is C19H14BrN5O3. The minimum Gasteiger partial charge on any atom is -0.497 e. The van der Waals surface area contributed by atoms with Crippen LogP contribution in [0.3, 0.4) is 0 Å². The number of halogens is 1. The van der Waals surface area contributed by atoms with E-state index in [0.717, 1.165) is 4.47 Å². The Labute approximate surface area is 167 Å². The highest BCUT2D eigenvalue weighted by Crippen LogP contribution is 2.24. The van der Waals surface area contributed by atoms with E-state index in [4.69, 9.17) is 10.5 Å². The zero-order valence-electron chi connectivity index (χ0n) is 14.6. The largest absolute Gasteiger partial charge is 0.497 e. The van der Waals surface area contributed by atoms with Gasteiger partial charge in [-0.15, -0.1) is 0 Å². The number of H-pyrrole nitrogens is 1. The highest BCUT2D eigenvalue weighted by Gasteiger charge is 2.20. The van der Waals surface area contributed by atoms with Crippen molar-refractivity contribution in [2.75, 3.05) is 7.11 Å². The van der Waals surface area contributed by atoms with Gasteiger partial charge in [0, 0.05) is 10.0 Å². The fourth-order valence-electron chi connectivity index (χ4n) is 2.86. The SMILES string of the molecule is COc1ccc(-n2c(=O)[nH]c3c(C(N)=O)nc(-c4ccc(Br)cc4)nc32)cc1. The molecule has 2 aromatic heterocycles. The zero-order valence-corrected chi connectivity index (χ0v) is 16.2. The number of aromatic nitrogens is 4. The van der Waals surface area contributed by atoms with Crippen molar-refractivity contribution >= 4 is 33.0 Å². The van der Waals surface area contributed by atoms with E-state index in [-0.39, 0.29) is 22.7 Å². The van der Waals surface area contributed by atoms with E-state index in [2.05, 4.69) is 30.9 Å². The molecule has 0 aliphatic rings. The van der Waals surface area contributed by atoms with E-state index in [1.165, 1.54) is 4.57 Å². The van der Waals surface area contributed by atoms with E-state index in [1.807, 2.05) is 12.1 Å². The van der Waals surface area contributed by atoms with Gasteiger partial charge in [0.05, 0.1) is 12.8 Å². The molecule has 0 fully saturated rings. The number of carbonyl (C=O) groups excluding carboxylic acids is 1. The van der Waals surface area contributed by atoms with Crippen LogP contribution in [-0.2, 0) is 0 Å². The Bertz CT molecular complexity index is 1240. The first-order valence-electron chi connectivity index (χ1n) is 8.21. The third-order valence-corrected chi connectivity index (χ3v) is 4.73. The van der Waals surface area contributed by atoms with Gasteiger partial charge in [-0.25, -0.2) is 19.3 Å². The molecule has 0 saturated carbocycles. The van der Waals surface area contributed by atoms with Crippen LogP contribution in [-0.4, -0.2) is 32.5 Å². The Morgan fingerprint density at radius 2 is 1.79 bits per heavy atom. The predicted octanol–water partition coefficient (Wildman–Crippen LogP) is 2.65. The molecule has 0 aliphatic heterocycles. The number of amides is 1. The first-order chi connectivity index (χ1) is 13.5. The molecule has 0 unspecified atom stereocenters. The standard InChI is InChI=1S/C19H14BrN5O3/c1-28-13-8-6-12(7-9-13)25-18-15(23-19(25)27)14(16(21)26)22-17(24-18)10-2-4-11(20)5-3-10/h2-9H,1H3,(H2,21,26)(H,23,27). The second-order valence-electron chi connectivity index (χ2n) is 5.93. The maximum absolute atomic E-state index is 12.6. The minimum atomic E-state index is -0.756. The number of nitrogens with two attached hydrogens (primary N) is 1. The summed E-state index contributed by atoms with van der Waals surface area (Å²) in [6, 6.07) is 14.2. The van der Waals surface area contributed by atoms with Crippen LogP contribution in [0.1, 0.15) is 10.5 Å². The van der Waals surface area contributed by atoms with Crippen LogP contribution in [0.25, 0.3) is 28.2 Å². The Balaban J connectivity index is 2.00. The summed E-state index contributed by atoms with van der Waals surface area (Å²) in [5.74, 6) is 0.184. The van der Waals surface area contributed by atoms with Crippen molar-refractivity contribution in [3.05, 3.63) is 69.2 Å². The number of hydrogen-bond acceptors (Lipinski definition) is 5. The van der Waals surface area contributed by atoms with Crippen LogP contribution in [0.4, 0.5) is 0 Å². The molecule has 4 rings (SSSR count). The molecular weight excluding hydrogens is 426 g/mol. The summed E-state index contributed by atoms with van der Waals surface area (Å²) in [6.07, 6.45) is 0. The Kier molecular flexibility index (Phi) is 4.44. The second-order valence-corrected chi connectivity index (χ2v) is 6.84. The summed E-state index contributed by atoms with van der Waals surface area (Å²) in [7, 11) is 1.56. The van der Waals surface area contributed by atoms with Crippen molar-refractivity contribution in [1.82, 2.24) is 19.5 Å². The summed E-state index contributed by atoms with van der Waals surface area (Å²) < 4.78 is 7.41. The molecule has 9 heteroatoms. The third kappa shape index (κ3) is 3.05. The highest BCUT2D eigenvalue weighted by molar-refractivity contribution is 9.10. The molecule has 0 atom stereocenters. The van der Waals surface area contributed by atoms with Gasteiger partial charge in [0.1, 0.15) is 11.3 Å². The number of imidazole rings is 1. The number of benzene rings is 2. The molecule has 2 aromatic carbocycles. The van der Waals surface area contributed by atoms with E-state index in [9.17, 15) is 9.59 Å². The van der Waals surface area contributed by atoms with Crippen molar-refractivity contribution in [3.63, 3.8) is 0 Å². The second kappa shape index (κ2) is 6.93. The molecule has 4 aromatic rings. The summed E-state index contributed by atoms with van der Waals surface area (Å²) in [6.45, 7) is 0. The number of methoxy groups -OCH3 is 1. The summed E-state index contributed by atoms with van der Waals surface area (Å²) in [5, 5.41) is 0. The Morgan fingerprint density at radius 3 is 2.39 bits per heavy atom. The topological polar surface area (TPSA) is 116 Å². The number of hydrogen-bond donors (Lipinski definition) is 2. The fourth-order valence-corrected chi connectivity index (χ4v) is 3.13. The van der Waals surface area contributed by atoms with Crippen LogP contribution in [0.15, 0.2) is 57.8 Å². The third-order valence-electron chi connectivity index (χ3n) is 4.20. The molecule has 0 spiro atoms. The highest BCUT2D eigenvalue weighted by atomic mass is 79.9. The van der Waals surface area contributed by atoms with E-state index in [1.54, 1.807) is 43.5 Å². The van der Waals surface area contributed by atoms with Crippen LogP contribution in [0.2, 0.25) is 0 Å². The van der Waals surface area contributed by atoms with Crippen molar-refractivity contribution in [1.29, 1.82) is 0 Å². The maximum Gasteiger partial charge on any atom is 0.332 e. The molecule has 140 valence electrons. The number of primary amides is 1. The molecule has 0 bridgehead atoms. The zero-order chi connectivity index (χ0) is 19.8. The number of carbonyl (C=O) groups is 1. The van der Waals surface area contributed by atoms with Gasteiger partial charge in [-0.1, -0.05) is 28.1 Å². The van der Waals surface area contributed by atoms with Gasteiger partial charge >= 0.3 is 5.69 Å². The van der Waals surface area contributed by atoms with Gasteiger partial charge < -0.3 is 15.5 Å². The quantitative estimate of drug-likeness (QED) is 0.506. The molecule has 0 aliphatic carbocycles. The van der Waals surface area contributed by atoms with Crippen LogP contribution in [0.5, 0.6) is 5.75 Å². The molecule has 28 heavy (non-hydrogen) atoms. The van der Waals surface area contributed by atoms with Crippen molar-refractivity contribution < 1.29 is 9.53 Å². The molecule has 0 radical (unpaired) electrons. The normalized spacial score (nSPS) is 10.9. The number of nitrogens with one attached hydrogen (secondary N) is 1. The van der Waals surface area contributed by atoms with Crippen LogP contribution >= 0.6 is 15.9 Å². The lowest BCUT2D eigenvalue weighted by Gasteiger charge is -2.07. The minimum absolute atomic E-state index is 0.0488. The average Bonchev–Trinajstić information content (AvgIpc) is 3.03. The lowest BCUT2D eigenvalue weighted by Crippen LogP contribution is -2.15. The summed E-state index contributed by atoms with van der Waals surface area (Å²) >= 11 is 3.38. The summed E-state index contributed by atoms with van der Waals surface area (Å²) in [4.78, 5) is 36.0. The van der Waals surface area contributed by atoms with Crippen molar-refractivity contribution in [2.45, 2.75) is 0 Å². The first kappa shape index (κ1) is 17.9. The fraction of sp³-hybridized carbons (Fsp3) is 0.0526. The molecule has 3 N–H and O–H groups in total. The lowest BCUT2D eigenvalue weighted by molar-refractivity contribution is 0.0997. The number of aromatic amines is 1. The van der Waals surface area contributed by atoms with E-state index < -0.39 is 11.6 Å². The number of fused-ring (bicyclic) bond motifs is 1. The van der Waals surface area contributed by atoms with Gasteiger partial charge in [0.15, 0.2) is 17.2 Å². The van der Waals surface area contributed by atoms with Gasteiger partial charge in [-0.3, -0.25) is 4.79 Å². The monoisotopic (exact) mass is 439 g/mol. The van der Waals surface area contributed by atoms with Crippen molar-refractivity contribution in [2.24, 2.45) is 5.73 Å². The maximum atomic E-state index is 12.6. The van der Waals surface area contributed by atoms with Crippen molar-refractivity contribution in [3.8, 4) is 22.8 Å². The van der Waals surface area contributed by atoms with Gasteiger partial charge in [0.2, 0.25) is 0 Å². The molecule has 1 amide bonds. The van der Waals surface area contributed by atoms with Crippen LogP contribution in [0, 0.1) is 0 Å². The van der Waals surface area contributed by atoms with E-state index in [0.29, 0.717) is 17.0 Å². The number of ether oxygens (including phenoxy) is 1. The molecule has 2 heterocycles.